The lowest BCUT2D eigenvalue weighted by atomic mass is 10.1. The molecule has 0 aliphatic heterocycles. The maximum atomic E-state index is 11.9. The smallest absolute Gasteiger partial charge is 0.335 e. The van der Waals surface area contributed by atoms with Crippen molar-refractivity contribution < 1.29 is 18.3 Å². The summed E-state index contributed by atoms with van der Waals surface area (Å²) in [6, 6.07) is 9.26. The quantitative estimate of drug-likeness (QED) is 0.841. The lowest BCUT2D eigenvalue weighted by Gasteiger charge is -2.07. The fourth-order valence-corrected chi connectivity index (χ4v) is 2.83. The van der Waals surface area contributed by atoms with Crippen molar-refractivity contribution in [1.29, 1.82) is 0 Å². The van der Waals surface area contributed by atoms with Gasteiger partial charge < -0.3 is 5.11 Å². The van der Waals surface area contributed by atoms with E-state index in [1.54, 1.807) is 24.5 Å². The van der Waals surface area contributed by atoms with Crippen molar-refractivity contribution >= 4 is 16.0 Å². The van der Waals surface area contributed by atoms with E-state index in [0.717, 1.165) is 5.56 Å². The summed E-state index contributed by atoms with van der Waals surface area (Å²) in [7, 11) is -3.49. The normalized spacial score (nSPS) is 11.2. The fourth-order valence-electron chi connectivity index (χ4n) is 1.71. The first-order chi connectivity index (χ1) is 9.96. The Morgan fingerprint density at radius 3 is 2.43 bits per heavy atom. The highest BCUT2D eigenvalue weighted by molar-refractivity contribution is 7.88. The van der Waals surface area contributed by atoms with Gasteiger partial charge in [0.25, 0.3) is 0 Å². The second-order valence-corrected chi connectivity index (χ2v) is 6.25. The minimum Gasteiger partial charge on any atom is -0.478 e. The molecule has 0 radical (unpaired) electrons. The standard InChI is InChI=1S/C14H14N2O4S/c17-14(18)13-5-3-11(4-6-13)10-21(19,20)16-9-12-2-1-7-15-8-12/h1-8,16H,9-10H2,(H,17,18). The molecule has 21 heavy (non-hydrogen) atoms. The van der Waals surface area contributed by atoms with Crippen LogP contribution >= 0.6 is 0 Å². The summed E-state index contributed by atoms with van der Waals surface area (Å²) < 4.78 is 26.4. The van der Waals surface area contributed by atoms with Gasteiger partial charge >= 0.3 is 5.97 Å². The zero-order chi connectivity index (χ0) is 15.3. The molecule has 2 rings (SSSR count). The summed E-state index contributed by atoms with van der Waals surface area (Å²) in [4.78, 5) is 14.6. The predicted octanol–water partition coefficient (Wildman–Crippen LogP) is 1.40. The third-order valence-electron chi connectivity index (χ3n) is 2.78. The highest BCUT2D eigenvalue weighted by Crippen LogP contribution is 2.08. The van der Waals surface area contributed by atoms with Crippen molar-refractivity contribution in [2.75, 3.05) is 0 Å². The molecule has 0 aliphatic carbocycles. The molecule has 1 heterocycles. The van der Waals surface area contributed by atoms with Crippen LogP contribution in [0.15, 0.2) is 48.8 Å². The molecule has 0 saturated carbocycles. The van der Waals surface area contributed by atoms with Gasteiger partial charge in [0.2, 0.25) is 10.0 Å². The number of hydrogen-bond donors (Lipinski definition) is 2. The van der Waals surface area contributed by atoms with Gasteiger partial charge in [-0.3, -0.25) is 4.98 Å². The number of nitrogens with one attached hydrogen (secondary N) is 1. The average molecular weight is 306 g/mol. The Labute approximate surface area is 122 Å². The van der Waals surface area contributed by atoms with Gasteiger partial charge in [0.1, 0.15) is 0 Å². The van der Waals surface area contributed by atoms with Gasteiger partial charge in [-0.05, 0) is 29.3 Å². The van der Waals surface area contributed by atoms with Gasteiger partial charge in [0, 0.05) is 18.9 Å². The van der Waals surface area contributed by atoms with Gasteiger partial charge in [-0.1, -0.05) is 18.2 Å². The summed E-state index contributed by atoms with van der Waals surface area (Å²) in [5, 5.41) is 8.78. The van der Waals surface area contributed by atoms with Gasteiger partial charge in [-0.25, -0.2) is 17.9 Å². The Morgan fingerprint density at radius 1 is 1.14 bits per heavy atom. The molecular weight excluding hydrogens is 292 g/mol. The average Bonchev–Trinajstić information content (AvgIpc) is 2.46. The molecule has 6 nitrogen and oxygen atoms in total. The summed E-state index contributed by atoms with van der Waals surface area (Å²) in [5.41, 5.74) is 1.42. The van der Waals surface area contributed by atoms with E-state index in [9.17, 15) is 13.2 Å². The molecule has 1 aromatic heterocycles. The first kappa shape index (κ1) is 15.1. The maximum absolute atomic E-state index is 11.9. The third kappa shape index (κ3) is 4.66. The molecule has 0 aliphatic rings. The van der Waals surface area contributed by atoms with E-state index in [4.69, 9.17) is 5.11 Å². The van der Waals surface area contributed by atoms with Crippen LogP contribution in [-0.4, -0.2) is 24.5 Å². The maximum Gasteiger partial charge on any atom is 0.335 e. The fraction of sp³-hybridized carbons (Fsp3) is 0.143. The van der Waals surface area contributed by atoms with Crippen molar-refractivity contribution in [2.24, 2.45) is 0 Å². The number of carboxylic acids is 1. The van der Waals surface area contributed by atoms with Gasteiger partial charge in [0.05, 0.1) is 11.3 Å². The highest BCUT2D eigenvalue weighted by atomic mass is 32.2. The van der Waals surface area contributed by atoms with Crippen LogP contribution in [0.25, 0.3) is 0 Å². The minimum absolute atomic E-state index is 0.125. The van der Waals surface area contributed by atoms with Crippen molar-refractivity contribution in [3.05, 3.63) is 65.5 Å². The van der Waals surface area contributed by atoms with Crippen LogP contribution in [0.3, 0.4) is 0 Å². The molecule has 110 valence electrons. The summed E-state index contributed by atoms with van der Waals surface area (Å²) in [6.45, 7) is 0.170. The Bertz CT molecular complexity index is 712. The van der Waals surface area contributed by atoms with Crippen LogP contribution in [0.1, 0.15) is 21.5 Å². The zero-order valence-corrected chi connectivity index (χ0v) is 11.9. The molecule has 0 amide bonds. The number of sulfonamides is 1. The zero-order valence-electron chi connectivity index (χ0n) is 11.1. The SMILES string of the molecule is O=C(O)c1ccc(CS(=O)(=O)NCc2cccnc2)cc1. The Hall–Kier alpha value is -2.25. The van der Waals surface area contributed by atoms with E-state index in [-0.39, 0.29) is 17.9 Å². The monoisotopic (exact) mass is 306 g/mol. The van der Waals surface area contributed by atoms with Crippen LogP contribution < -0.4 is 4.72 Å². The lowest BCUT2D eigenvalue weighted by molar-refractivity contribution is 0.0697. The number of rotatable bonds is 6. The number of hydrogen-bond acceptors (Lipinski definition) is 4. The van der Waals surface area contributed by atoms with Gasteiger partial charge in [0.15, 0.2) is 0 Å². The summed E-state index contributed by atoms with van der Waals surface area (Å²) in [6.07, 6.45) is 3.20. The number of benzene rings is 1. The first-order valence-electron chi connectivity index (χ1n) is 6.15. The van der Waals surface area contributed by atoms with Crippen LogP contribution in [-0.2, 0) is 22.3 Å². The molecular formula is C14H14N2O4S. The van der Waals surface area contributed by atoms with E-state index < -0.39 is 16.0 Å². The number of nitrogens with zero attached hydrogens (tertiary/aromatic N) is 1. The van der Waals surface area contributed by atoms with Gasteiger partial charge in [-0.2, -0.15) is 0 Å². The van der Waals surface area contributed by atoms with E-state index >= 15 is 0 Å². The van der Waals surface area contributed by atoms with Crippen LogP contribution in [0.5, 0.6) is 0 Å². The lowest BCUT2D eigenvalue weighted by Crippen LogP contribution is -2.24. The summed E-state index contributed by atoms with van der Waals surface area (Å²) >= 11 is 0. The van der Waals surface area contributed by atoms with Crippen molar-refractivity contribution in [3.8, 4) is 0 Å². The van der Waals surface area contributed by atoms with Crippen LogP contribution in [0, 0.1) is 0 Å². The number of pyridine rings is 1. The van der Waals surface area contributed by atoms with E-state index in [1.807, 2.05) is 0 Å². The highest BCUT2D eigenvalue weighted by Gasteiger charge is 2.12. The minimum atomic E-state index is -3.49. The molecule has 0 fully saturated rings. The predicted molar refractivity (Wildman–Crippen MR) is 77.1 cm³/mol. The number of carbonyl (C=O) groups is 1. The van der Waals surface area contributed by atoms with Crippen LogP contribution in [0.2, 0.25) is 0 Å². The second-order valence-electron chi connectivity index (χ2n) is 4.44. The Morgan fingerprint density at radius 2 is 1.86 bits per heavy atom. The number of aromatic carboxylic acids is 1. The Balaban J connectivity index is 1.99. The van der Waals surface area contributed by atoms with Gasteiger partial charge in [-0.15, -0.1) is 0 Å². The molecule has 2 N–H and O–H groups in total. The molecule has 0 atom stereocenters. The Kier molecular flexibility index (Phi) is 4.66. The molecule has 0 spiro atoms. The largest absolute Gasteiger partial charge is 0.478 e. The second kappa shape index (κ2) is 6.47. The summed E-state index contributed by atoms with van der Waals surface area (Å²) in [5.74, 6) is -1.24. The molecule has 0 bridgehead atoms. The number of carboxylic acid groups (broad SMARTS) is 1. The van der Waals surface area contributed by atoms with Crippen LogP contribution in [0.4, 0.5) is 0 Å². The van der Waals surface area contributed by atoms with E-state index in [2.05, 4.69) is 9.71 Å². The first-order valence-corrected chi connectivity index (χ1v) is 7.80. The van der Waals surface area contributed by atoms with E-state index in [0.29, 0.717) is 5.56 Å². The van der Waals surface area contributed by atoms with E-state index in [1.165, 1.54) is 24.3 Å². The molecule has 7 heteroatoms. The molecule has 0 saturated heterocycles. The molecule has 0 unspecified atom stereocenters. The molecule has 1 aromatic carbocycles. The van der Waals surface area contributed by atoms with Crippen molar-refractivity contribution in [3.63, 3.8) is 0 Å². The van der Waals surface area contributed by atoms with Crippen molar-refractivity contribution in [2.45, 2.75) is 12.3 Å². The number of aromatic nitrogens is 1. The topological polar surface area (TPSA) is 96.4 Å². The molecule has 2 aromatic rings. The van der Waals surface area contributed by atoms with Crippen molar-refractivity contribution in [1.82, 2.24) is 9.71 Å². The third-order valence-corrected chi connectivity index (χ3v) is 4.07.